The minimum atomic E-state index is -1.30. The van der Waals surface area contributed by atoms with E-state index in [9.17, 15) is 19.5 Å². The lowest BCUT2D eigenvalue weighted by molar-refractivity contribution is -0.153. The number of aliphatic hydroxyl groups excluding tert-OH is 1. The third-order valence-electron chi connectivity index (χ3n) is 5.62. The Balaban J connectivity index is 2.08. The standard InChI is InChI=1S/C20H22O6/c1-6-8(2)19(23)26-18-15-11(5)20(24)25-17(15)13-9(3)7-12(21)14(13)10(4)16(18)22/h6-7,13-18,22H,4-5H2,1-3H3/b8-6+/t13-,14+,15-,16+,17+,18-/m0/s1. The molecule has 2 fully saturated rings. The van der Waals surface area contributed by atoms with Gasteiger partial charge in [0, 0.05) is 17.1 Å². The van der Waals surface area contributed by atoms with Crippen molar-refractivity contribution in [2.24, 2.45) is 17.8 Å². The van der Waals surface area contributed by atoms with Crippen molar-refractivity contribution in [3.05, 3.63) is 47.6 Å². The Morgan fingerprint density at radius 1 is 1.31 bits per heavy atom. The van der Waals surface area contributed by atoms with Crippen LogP contribution in [0.1, 0.15) is 20.8 Å². The molecule has 1 saturated heterocycles. The van der Waals surface area contributed by atoms with Crippen molar-refractivity contribution in [2.75, 3.05) is 0 Å². The van der Waals surface area contributed by atoms with Gasteiger partial charge in [-0.05, 0) is 32.4 Å². The predicted molar refractivity (Wildman–Crippen MR) is 92.7 cm³/mol. The maximum atomic E-state index is 12.4. The molecule has 1 saturated carbocycles. The van der Waals surface area contributed by atoms with Gasteiger partial charge in [0.1, 0.15) is 18.3 Å². The average molecular weight is 358 g/mol. The molecule has 0 unspecified atom stereocenters. The first-order valence-corrected chi connectivity index (χ1v) is 8.51. The molecule has 3 aliphatic rings. The lowest BCUT2D eigenvalue weighted by Crippen LogP contribution is -2.41. The highest BCUT2D eigenvalue weighted by Gasteiger charge is 2.59. The summed E-state index contributed by atoms with van der Waals surface area (Å²) in [6.07, 6.45) is -0.0512. The lowest BCUT2D eigenvalue weighted by atomic mass is 9.80. The molecule has 0 aromatic carbocycles. The van der Waals surface area contributed by atoms with Gasteiger partial charge in [0.25, 0.3) is 0 Å². The fourth-order valence-corrected chi connectivity index (χ4v) is 4.06. The molecule has 1 aliphatic heterocycles. The van der Waals surface area contributed by atoms with E-state index in [0.717, 1.165) is 5.57 Å². The zero-order chi connectivity index (χ0) is 19.3. The van der Waals surface area contributed by atoms with Crippen LogP contribution in [-0.2, 0) is 23.9 Å². The van der Waals surface area contributed by atoms with Crippen molar-refractivity contribution < 1.29 is 29.0 Å². The molecule has 0 aromatic heterocycles. The molecule has 138 valence electrons. The molecule has 6 atom stereocenters. The van der Waals surface area contributed by atoms with Crippen LogP contribution in [0.25, 0.3) is 0 Å². The number of esters is 2. The molecule has 0 radical (unpaired) electrons. The van der Waals surface area contributed by atoms with E-state index in [1.165, 1.54) is 6.08 Å². The van der Waals surface area contributed by atoms with Gasteiger partial charge in [0.15, 0.2) is 5.78 Å². The number of hydrogen-bond acceptors (Lipinski definition) is 6. The summed E-state index contributed by atoms with van der Waals surface area (Å²) in [6.45, 7) is 12.7. The first kappa shape index (κ1) is 18.3. The molecule has 26 heavy (non-hydrogen) atoms. The van der Waals surface area contributed by atoms with Gasteiger partial charge in [-0.1, -0.05) is 24.8 Å². The van der Waals surface area contributed by atoms with Gasteiger partial charge in [-0.3, -0.25) is 4.79 Å². The van der Waals surface area contributed by atoms with Crippen LogP contribution in [-0.4, -0.2) is 41.1 Å². The third-order valence-corrected chi connectivity index (χ3v) is 5.62. The lowest BCUT2D eigenvalue weighted by Gasteiger charge is -2.29. The largest absolute Gasteiger partial charge is 0.458 e. The van der Waals surface area contributed by atoms with Gasteiger partial charge in [0.2, 0.25) is 0 Å². The minimum absolute atomic E-state index is 0.130. The topological polar surface area (TPSA) is 89.9 Å². The Bertz CT molecular complexity index is 786. The van der Waals surface area contributed by atoms with Crippen molar-refractivity contribution in [1.82, 2.24) is 0 Å². The van der Waals surface area contributed by atoms with Gasteiger partial charge < -0.3 is 14.6 Å². The van der Waals surface area contributed by atoms with Crippen LogP contribution < -0.4 is 0 Å². The zero-order valence-corrected chi connectivity index (χ0v) is 15.0. The van der Waals surface area contributed by atoms with E-state index < -0.39 is 48.0 Å². The molecule has 1 heterocycles. The Labute approximate surface area is 151 Å². The molecule has 6 heteroatoms. The van der Waals surface area contributed by atoms with Gasteiger partial charge in [0.05, 0.1) is 11.8 Å². The van der Waals surface area contributed by atoms with Crippen LogP contribution in [0.3, 0.4) is 0 Å². The van der Waals surface area contributed by atoms with Gasteiger partial charge in [-0.25, -0.2) is 9.59 Å². The van der Waals surface area contributed by atoms with Gasteiger partial charge >= 0.3 is 11.9 Å². The summed E-state index contributed by atoms with van der Waals surface area (Å²) in [7, 11) is 0. The van der Waals surface area contributed by atoms with E-state index in [2.05, 4.69) is 13.2 Å². The molecule has 0 spiro atoms. The molecule has 1 N–H and O–H groups in total. The van der Waals surface area contributed by atoms with Crippen LogP contribution in [0.2, 0.25) is 0 Å². The second-order valence-electron chi connectivity index (χ2n) is 7.08. The summed E-state index contributed by atoms with van der Waals surface area (Å²) < 4.78 is 11.0. The van der Waals surface area contributed by atoms with Crippen molar-refractivity contribution in [2.45, 2.75) is 39.1 Å². The normalized spacial score (nSPS) is 36.9. The van der Waals surface area contributed by atoms with Gasteiger partial charge in [-0.2, -0.15) is 0 Å². The molecule has 0 bridgehead atoms. The smallest absolute Gasteiger partial charge is 0.334 e. The van der Waals surface area contributed by atoms with E-state index in [0.29, 0.717) is 5.57 Å². The van der Waals surface area contributed by atoms with Gasteiger partial charge in [-0.15, -0.1) is 0 Å². The van der Waals surface area contributed by atoms with Crippen molar-refractivity contribution in [1.29, 1.82) is 0 Å². The summed E-state index contributed by atoms with van der Waals surface area (Å²) in [5.41, 5.74) is 1.52. The highest BCUT2D eigenvalue weighted by Crippen LogP contribution is 2.50. The molecule has 3 rings (SSSR count). The summed E-state index contributed by atoms with van der Waals surface area (Å²) in [5, 5.41) is 10.8. The SMILES string of the molecule is C=C1C(=O)O[C@H]2[C@H]1[C@H](OC(=O)/C(C)=C/C)[C@H](O)C(=C)[C@@H]1C(=O)C=C(C)[C@@H]12. The summed E-state index contributed by atoms with van der Waals surface area (Å²) in [4.78, 5) is 36.9. The number of aliphatic hydroxyl groups is 1. The first-order chi connectivity index (χ1) is 12.2. The van der Waals surface area contributed by atoms with Crippen molar-refractivity contribution >= 4 is 17.7 Å². The second kappa shape index (κ2) is 6.36. The maximum Gasteiger partial charge on any atom is 0.334 e. The number of carbonyl (C=O) groups is 3. The van der Waals surface area contributed by atoms with Crippen LogP contribution in [0, 0.1) is 17.8 Å². The second-order valence-corrected chi connectivity index (χ2v) is 7.08. The Morgan fingerprint density at radius 3 is 2.58 bits per heavy atom. The van der Waals surface area contributed by atoms with Crippen molar-refractivity contribution in [3.8, 4) is 0 Å². The van der Waals surface area contributed by atoms with E-state index in [4.69, 9.17) is 9.47 Å². The Hall–Kier alpha value is -2.47. The van der Waals surface area contributed by atoms with Crippen LogP contribution in [0.5, 0.6) is 0 Å². The van der Waals surface area contributed by atoms with Crippen molar-refractivity contribution in [3.63, 3.8) is 0 Å². The maximum absolute atomic E-state index is 12.4. The van der Waals surface area contributed by atoms with E-state index in [-0.39, 0.29) is 16.9 Å². The van der Waals surface area contributed by atoms with Crippen LogP contribution in [0.4, 0.5) is 0 Å². The fourth-order valence-electron chi connectivity index (χ4n) is 4.06. The monoisotopic (exact) mass is 358 g/mol. The summed E-state index contributed by atoms with van der Waals surface area (Å²) in [6, 6.07) is 0. The highest BCUT2D eigenvalue weighted by atomic mass is 16.6. The molecule has 0 aromatic rings. The number of allylic oxidation sites excluding steroid dienone is 2. The molecule has 0 amide bonds. The fraction of sp³-hybridized carbons (Fsp3) is 0.450. The van der Waals surface area contributed by atoms with E-state index in [1.807, 2.05) is 0 Å². The number of fused-ring (bicyclic) bond motifs is 3. The number of rotatable bonds is 2. The number of ether oxygens (including phenoxy) is 2. The molecule has 6 nitrogen and oxygen atoms in total. The minimum Gasteiger partial charge on any atom is -0.458 e. The highest BCUT2D eigenvalue weighted by molar-refractivity contribution is 5.99. The number of hydrogen-bond donors (Lipinski definition) is 1. The van der Waals surface area contributed by atoms with Crippen LogP contribution >= 0.6 is 0 Å². The third kappa shape index (κ3) is 2.56. The molecular formula is C20H22O6. The zero-order valence-electron chi connectivity index (χ0n) is 15.0. The summed E-state index contributed by atoms with van der Waals surface area (Å²) >= 11 is 0. The number of carbonyl (C=O) groups excluding carboxylic acids is 3. The predicted octanol–water partition coefficient (Wildman–Crippen LogP) is 1.65. The summed E-state index contributed by atoms with van der Waals surface area (Å²) in [5.74, 6) is -3.30. The van der Waals surface area contributed by atoms with E-state index in [1.54, 1.807) is 26.8 Å². The Kier molecular flexibility index (Phi) is 4.48. The first-order valence-electron chi connectivity index (χ1n) is 8.51. The molecular weight excluding hydrogens is 336 g/mol. The average Bonchev–Trinajstić information content (AvgIpc) is 3.02. The van der Waals surface area contributed by atoms with Crippen LogP contribution in [0.15, 0.2) is 47.6 Å². The molecule has 2 aliphatic carbocycles. The quantitative estimate of drug-likeness (QED) is 0.459. The number of ketones is 1. The van der Waals surface area contributed by atoms with E-state index >= 15 is 0 Å². The Morgan fingerprint density at radius 2 is 1.96 bits per heavy atom.